The molecule has 0 radical (unpaired) electrons. The molecule has 2 N–H and O–H groups in total. The van der Waals surface area contributed by atoms with Crippen LogP contribution < -0.4 is 5.73 Å². The standard InChI is InChI=1S/C7H8BrN3S.HI/c1-12-7(9)11-6-5(8)3-2-4-10-6;/h2-4H,1H3,(H2,9,10,11);1H. The van der Waals surface area contributed by atoms with Crippen LogP contribution in [-0.4, -0.2) is 16.4 Å². The van der Waals surface area contributed by atoms with Crippen LogP contribution in [-0.2, 0) is 0 Å². The summed E-state index contributed by atoms with van der Waals surface area (Å²) in [7, 11) is 0. The van der Waals surface area contributed by atoms with Crippen molar-refractivity contribution >= 4 is 62.7 Å². The van der Waals surface area contributed by atoms with Crippen molar-refractivity contribution in [2.45, 2.75) is 0 Å². The summed E-state index contributed by atoms with van der Waals surface area (Å²) >= 11 is 4.71. The summed E-state index contributed by atoms with van der Waals surface area (Å²) in [4.78, 5) is 8.11. The van der Waals surface area contributed by atoms with Crippen LogP contribution in [0.5, 0.6) is 0 Å². The number of amidine groups is 1. The van der Waals surface area contributed by atoms with Crippen molar-refractivity contribution in [2.75, 3.05) is 6.26 Å². The molecule has 0 spiro atoms. The van der Waals surface area contributed by atoms with Gasteiger partial charge in [0, 0.05) is 6.20 Å². The van der Waals surface area contributed by atoms with Gasteiger partial charge in [0.05, 0.1) is 4.47 Å². The van der Waals surface area contributed by atoms with E-state index in [1.54, 1.807) is 6.20 Å². The minimum atomic E-state index is 0. The van der Waals surface area contributed by atoms with Gasteiger partial charge in [-0.1, -0.05) is 11.8 Å². The van der Waals surface area contributed by atoms with Gasteiger partial charge >= 0.3 is 0 Å². The molecule has 6 heteroatoms. The number of rotatable bonds is 1. The van der Waals surface area contributed by atoms with E-state index in [0.717, 1.165) is 4.47 Å². The number of hydrogen-bond donors (Lipinski definition) is 1. The summed E-state index contributed by atoms with van der Waals surface area (Å²) in [5, 5.41) is 0.509. The fourth-order valence-electron chi connectivity index (χ4n) is 0.610. The monoisotopic (exact) mass is 373 g/mol. The smallest absolute Gasteiger partial charge is 0.169 e. The Morgan fingerprint density at radius 2 is 2.38 bits per heavy atom. The summed E-state index contributed by atoms with van der Waals surface area (Å²) in [6.45, 7) is 0. The summed E-state index contributed by atoms with van der Waals surface area (Å²) in [6, 6.07) is 3.71. The number of aromatic nitrogens is 1. The summed E-state index contributed by atoms with van der Waals surface area (Å²) < 4.78 is 0.849. The average Bonchev–Trinajstić information content (AvgIpc) is 2.09. The summed E-state index contributed by atoms with van der Waals surface area (Å²) in [5.74, 6) is 0.615. The van der Waals surface area contributed by atoms with E-state index in [-0.39, 0.29) is 24.0 Å². The highest BCUT2D eigenvalue weighted by molar-refractivity contribution is 14.0. The van der Waals surface area contributed by atoms with Gasteiger partial charge in [0.25, 0.3) is 0 Å². The maximum absolute atomic E-state index is 5.53. The van der Waals surface area contributed by atoms with Gasteiger partial charge in [-0.15, -0.1) is 24.0 Å². The van der Waals surface area contributed by atoms with Crippen LogP contribution in [0.15, 0.2) is 27.8 Å². The molecule has 1 heterocycles. The third-order valence-corrected chi connectivity index (χ3v) is 2.29. The number of pyridine rings is 1. The van der Waals surface area contributed by atoms with Gasteiger partial charge in [0.2, 0.25) is 0 Å². The molecule has 0 aliphatic carbocycles. The number of nitrogens with two attached hydrogens (primary N) is 1. The second-order valence-electron chi connectivity index (χ2n) is 1.96. The Morgan fingerprint density at radius 3 is 2.92 bits per heavy atom. The van der Waals surface area contributed by atoms with E-state index in [4.69, 9.17) is 5.73 Å². The van der Waals surface area contributed by atoms with Crippen molar-refractivity contribution in [3.05, 3.63) is 22.8 Å². The number of halogens is 2. The zero-order valence-corrected chi connectivity index (χ0v) is 11.6. The lowest BCUT2D eigenvalue weighted by Crippen LogP contribution is -2.04. The first-order valence-corrected chi connectivity index (χ1v) is 5.24. The summed E-state index contributed by atoms with van der Waals surface area (Å²) in [6.07, 6.45) is 3.55. The SMILES string of the molecule is CSC(N)=Nc1ncccc1Br.I. The number of thioether (sulfide) groups is 1. The van der Waals surface area contributed by atoms with E-state index in [0.29, 0.717) is 11.0 Å². The molecular weight excluding hydrogens is 365 g/mol. The average molecular weight is 374 g/mol. The normalized spacial score (nSPS) is 10.8. The third kappa shape index (κ3) is 4.28. The molecule has 0 unspecified atom stereocenters. The van der Waals surface area contributed by atoms with Crippen molar-refractivity contribution < 1.29 is 0 Å². The number of nitrogens with zero attached hydrogens (tertiary/aromatic N) is 2. The molecule has 1 aromatic rings. The van der Waals surface area contributed by atoms with Crippen LogP contribution in [0.1, 0.15) is 0 Å². The van der Waals surface area contributed by atoms with Gasteiger partial charge in [-0.25, -0.2) is 9.98 Å². The van der Waals surface area contributed by atoms with Crippen molar-refractivity contribution in [1.29, 1.82) is 0 Å². The molecule has 0 fully saturated rings. The fraction of sp³-hybridized carbons (Fsp3) is 0.143. The first kappa shape index (κ1) is 13.2. The highest BCUT2D eigenvalue weighted by Crippen LogP contribution is 2.21. The minimum Gasteiger partial charge on any atom is -0.378 e. The topological polar surface area (TPSA) is 51.3 Å². The molecule has 1 rings (SSSR count). The molecule has 0 aliphatic heterocycles. The highest BCUT2D eigenvalue weighted by Gasteiger charge is 1.97. The Labute approximate surface area is 107 Å². The Bertz CT molecular complexity index is 306. The Kier molecular flexibility index (Phi) is 6.70. The summed E-state index contributed by atoms with van der Waals surface area (Å²) in [5.41, 5.74) is 5.53. The second-order valence-corrected chi connectivity index (χ2v) is 3.64. The lowest BCUT2D eigenvalue weighted by molar-refractivity contribution is 1.26. The molecule has 0 saturated heterocycles. The van der Waals surface area contributed by atoms with Gasteiger partial charge in [-0.3, -0.25) is 0 Å². The molecule has 0 aliphatic rings. The van der Waals surface area contributed by atoms with Crippen LogP contribution >= 0.6 is 51.7 Å². The molecule has 72 valence electrons. The van der Waals surface area contributed by atoms with Crippen LogP contribution in [0.3, 0.4) is 0 Å². The maximum Gasteiger partial charge on any atom is 0.169 e. The molecular formula is C7H9BrIN3S. The van der Waals surface area contributed by atoms with Crippen molar-refractivity contribution in [1.82, 2.24) is 4.98 Å². The lowest BCUT2D eigenvalue weighted by Gasteiger charge is -1.97. The maximum atomic E-state index is 5.53. The molecule has 0 amide bonds. The van der Waals surface area contributed by atoms with E-state index < -0.39 is 0 Å². The van der Waals surface area contributed by atoms with Crippen LogP contribution in [0.4, 0.5) is 5.82 Å². The molecule has 0 saturated carbocycles. The van der Waals surface area contributed by atoms with E-state index in [9.17, 15) is 0 Å². The van der Waals surface area contributed by atoms with Crippen molar-refractivity contribution in [3.63, 3.8) is 0 Å². The van der Waals surface area contributed by atoms with E-state index in [1.807, 2.05) is 18.4 Å². The number of aliphatic imine (C=N–C) groups is 1. The number of hydrogen-bond acceptors (Lipinski definition) is 3. The minimum absolute atomic E-state index is 0. The first-order chi connectivity index (χ1) is 5.74. The van der Waals surface area contributed by atoms with Gasteiger partial charge in [-0.2, -0.15) is 0 Å². The van der Waals surface area contributed by atoms with Gasteiger partial charge in [0.1, 0.15) is 0 Å². The van der Waals surface area contributed by atoms with Crippen molar-refractivity contribution in [2.24, 2.45) is 10.7 Å². The molecule has 0 bridgehead atoms. The van der Waals surface area contributed by atoms with Gasteiger partial charge in [0.15, 0.2) is 11.0 Å². The Morgan fingerprint density at radius 1 is 1.69 bits per heavy atom. The zero-order valence-electron chi connectivity index (χ0n) is 6.90. The molecule has 0 atom stereocenters. The lowest BCUT2D eigenvalue weighted by atomic mass is 10.5. The Balaban J connectivity index is 0.00000144. The molecule has 1 aromatic heterocycles. The van der Waals surface area contributed by atoms with Gasteiger partial charge < -0.3 is 5.73 Å². The largest absolute Gasteiger partial charge is 0.378 e. The van der Waals surface area contributed by atoms with Crippen LogP contribution in [0.2, 0.25) is 0 Å². The zero-order chi connectivity index (χ0) is 8.97. The van der Waals surface area contributed by atoms with Crippen LogP contribution in [0, 0.1) is 0 Å². The molecule has 3 nitrogen and oxygen atoms in total. The predicted octanol–water partition coefficient (Wildman–Crippen LogP) is 2.77. The predicted molar refractivity (Wildman–Crippen MR) is 72.1 cm³/mol. The molecule has 0 aromatic carbocycles. The highest BCUT2D eigenvalue weighted by atomic mass is 127. The third-order valence-electron chi connectivity index (χ3n) is 1.16. The fourth-order valence-corrected chi connectivity index (χ4v) is 1.13. The second kappa shape index (κ2) is 6.61. The van der Waals surface area contributed by atoms with E-state index in [2.05, 4.69) is 25.9 Å². The van der Waals surface area contributed by atoms with E-state index in [1.165, 1.54) is 11.8 Å². The van der Waals surface area contributed by atoms with Gasteiger partial charge in [-0.05, 0) is 34.3 Å². The van der Waals surface area contributed by atoms with Crippen LogP contribution in [0.25, 0.3) is 0 Å². The van der Waals surface area contributed by atoms with Crippen molar-refractivity contribution in [3.8, 4) is 0 Å². The first-order valence-electron chi connectivity index (χ1n) is 3.22. The molecule has 13 heavy (non-hydrogen) atoms. The van der Waals surface area contributed by atoms with E-state index >= 15 is 0 Å². The quantitative estimate of drug-likeness (QED) is 0.467. The Hall–Kier alpha value is 0.180.